The first-order valence-electron chi connectivity index (χ1n) is 8.51. The molecule has 2 aliphatic heterocycles. The molecule has 2 unspecified atom stereocenters. The standard InChI is InChI=1S/C18H27NO3/c1-4-6-7-19-14-12-18(3,5-2)22-15-11-17-16(10-13(14)15)20-8-9-21-17/h10-11,14,19H,4-9,12H2,1-3H3. The van der Waals surface area contributed by atoms with Gasteiger partial charge in [0.1, 0.15) is 24.6 Å². The van der Waals surface area contributed by atoms with Crippen LogP contribution in [0.3, 0.4) is 0 Å². The number of ether oxygens (including phenoxy) is 3. The van der Waals surface area contributed by atoms with Crippen LogP contribution in [0.4, 0.5) is 0 Å². The second-order valence-corrected chi connectivity index (χ2v) is 6.50. The molecule has 0 aromatic heterocycles. The Hall–Kier alpha value is -1.42. The SMILES string of the molecule is CCCCNC1CC(C)(CC)Oc2cc3c(cc21)OCCO3. The molecule has 2 heterocycles. The van der Waals surface area contributed by atoms with Gasteiger partial charge in [-0.1, -0.05) is 20.3 Å². The van der Waals surface area contributed by atoms with Crippen LogP contribution in [0.15, 0.2) is 12.1 Å². The fraction of sp³-hybridized carbons (Fsp3) is 0.667. The molecule has 1 N–H and O–H groups in total. The van der Waals surface area contributed by atoms with Crippen molar-refractivity contribution >= 4 is 0 Å². The summed E-state index contributed by atoms with van der Waals surface area (Å²) in [5.41, 5.74) is 1.08. The summed E-state index contributed by atoms with van der Waals surface area (Å²) in [4.78, 5) is 0. The van der Waals surface area contributed by atoms with Crippen molar-refractivity contribution < 1.29 is 14.2 Å². The maximum absolute atomic E-state index is 6.30. The molecule has 4 nitrogen and oxygen atoms in total. The highest BCUT2D eigenvalue weighted by atomic mass is 16.6. The van der Waals surface area contributed by atoms with E-state index in [1.54, 1.807) is 0 Å². The van der Waals surface area contributed by atoms with E-state index >= 15 is 0 Å². The Balaban J connectivity index is 1.91. The van der Waals surface area contributed by atoms with Crippen molar-refractivity contribution in [1.82, 2.24) is 5.32 Å². The third-order valence-corrected chi connectivity index (χ3v) is 4.71. The molecule has 0 spiro atoms. The maximum atomic E-state index is 6.30. The average Bonchev–Trinajstić information content (AvgIpc) is 2.53. The van der Waals surface area contributed by atoms with Gasteiger partial charge in [-0.15, -0.1) is 0 Å². The molecule has 1 aromatic carbocycles. The molecular formula is C18H27NO3. The normalized spacial score (nSPS) is 26.2. The zero-order valence-electron chi connectivity index (χ0n) is 13.9. The molecular weight excluding hydrogens is 278 g/mol. The van der Waals surface area contributed by atoms with Crippen LogP contribution in [-0.4, -0.2) is 25.4 Å². The quantitative estimate of drug-likeness (QED) is 0.839. The predicted octanol–water partition coefficient (Wildman–Crippen LogP) is 3.84. The highest BCUT2D eigenvalue weighted by molar-refractivity contribution is 5.53. The lowest BCUT2D eigenvalue weighted by atomic mass is 9.86. The summed E-state index contributed by atoms with van der Waals surface area (Å²) in [6, 6.07) is 4.42. The molecule has 122 valence electrons. The van der Waals surface area contributed by atoms with Gasteiger partial charge >= 0.3 is 0 Å². The largest absolute Gasteiger partial charge is 0.487 e. The smallest absolute Gasteiger partial charge is 0.165 e. The van der Waals surface area contributed by atoms with Gasteiger partial charge in [0.2, 0.25) is 0 Å². The zero-order valence-corrected chi connectivity index (χ0v) is 13.9. The highest BCUT2D eigenvalue weighted by Gasteiger charge is 2.37. The van der Waals surface area contributed by atoms with Gasteiger partial charge in [0.05, 0.1) is 0 Å². The fourth-order valence-electron chi connectivity index (χ4n) is 3.15. The Kier molecular flexibility index (Phi) is 4.48. The van der Waals surface area contributed by atoms with Crippen molar-refractivity contribution in [3.05, 3.63) is 17.7 Å². The Morgan fingerprint density at radius 3 is 2.55 bits per heavy atom. The van der Waals surface area contributed by atoms with Gasteiger partial charge in [-0.05, 0) is 32.4 Å². The van der Waals surface area contributed by atoms with E-state index in [1.165, 1.54) is 18.4 Å². The molecule has 0 radical (unpaired) electrons. The van der Waals surface area contributed by atoms with Crippen LogP contribution in [0.25, 0.3) is 0 Å². The maximum Gasteiger partial charge on any atom is 0.165 e. The van der Waals surface area contributed by atoms with E-state index in [-0.39, 0.29) is 5.60 Å². The number of unbranched alkanes of at least 4 members (excludes halogenated alkanes) is 1. The summed E-state index contributed by atoms with van der Waals surface area (Å²) >= 11 is 0. The monoisotopic (exact) mass is 305 g/mol. The minimum atomic E-state index is -0.124. The summed E-state index contributed by atoms with van der Waals surface area (Å²) in [7, 11) is 0. The summed E-state index contributed by atoms with van der Waals surface area (Å²) in [5, 5.41) is 3.70. The van der Waals surface area contributed by atoms with Crippen molar-refractivity contribution in [3.63, 3.8) is 0 Å². The first kappa shape index (κ1) is 15.5. The van der Waals surface area contributed by atoms with Gasteiger partial charge in [-0.3, -0.25) is 0 Å². The van der Waals surface area contributed by atoms with Gasteiger partial charge in [-0.2, -0.15) is 0 Å². The molecule has 0 fully saturated rings. The predicted molar refractivity (Wildman–Crippen MR) is 87.0 cm³/mol. The minimum Gasteiger partial charge on any atom is -0.487 e. The highest BCUT2D eigenvalue weighted by Crippen LogP contribution is 2.46. The Bertz CT molecular complexity index is 531. The van der Waals surface area contributed by atoms with E-state index in [9.17, 15) is 0 Å². The van der Waals surface area contributed by atoms with E-state index in [1.807, 2.05) is 6.07 Å². The molecule has 4 heteroatoms. The Morgan fingerprint density at radius 1 is 1.14 bits per heavy atom. The lowest BCUT2D eigenvalue weighted by molar-refractivity contribution is 0.0431. The number of fused-ring (bicyclic) bond motifs is 2. The van der Waals surface area contributed by atoms with Gasteiger partial charge in [-0.25, -0.2) is 0 Å². The van der Waals surface area contributed by atoms with E-state index in [4.69, 9.17) is 14.2 Å². The molecule has 0 saturated heterocycles. The Morgan fingerprint density at radius 2 is 1.86 bits per heavy atom. The van der Waals surface area contributed by atoms with Crippen molar-refractivity contribution in [2.45, 2.75) is 58.1 Å². The molecule has 3 rings (SSSR count). The number of benzene rings is 1. The van der Waals surface area contributed by atoms with Crippen LogP contribution in [0, 0.1) is 0 Å². The van der Waals surface area contributed by atoms with Crippen LogP contribution >= 0.6 is 0 Å². The first-order chi connectivity index (χ1) is 10.6. The summed E-state index contributed by atoms with van der Waals surface area (Å²) in [6.07, 6.45) is 4.38. The lowest BCUT2D eigenvalue weighted by Crippen LogP contribution is -2.41. The topological polar surface area (TPSA) is 39.7 Å². The third-order valence-electron chi connectivity index (χ3n) is 4.71. The second kappa shape index (κ2) is 6.37. The molecule has 0 bridgehead atoms. The van der Waals surface area contributed by atoms with Gasteiger partial charge in [0.15, 0.2) is 11.5 Å². The molecule has 22 heavy (non-hydrogen) atoms. The van der Waals surface area contributed by atoms with Crippen molar-refractivity contribution in [2.24, 2.45) is 0 Å². The first-order valence-corrected chi connectivity index (χ1v) is 8.51. The van der Waals surface area contributed by atoms with E-state index < -0.39 is 0 Å². The average molecular weight is 305 g/mol. The van der Waals surface area contributed by atoms with Gasteiger partial charge < -0.3 is 19.5 Å². The van der Waals surface area contributed by atoms with E-state index in [0.717, 1.165) is 36.6 Å². The van der Waals surface area contributed by atoms with Gasteiger partial charge in [0.25, 0.3) is 0 Å². The molecule has 2 aliphatic rings. The molecule has 0 amide bonds. The van der Waals surface area contributed by atoms with Crippen LogP contribution < -0.4 is 19.5 Å². The Labute approximate surface area is 133 Å². The number of rotatable bonds is 5. The fourth-order valence-corrected chi connectivity index (χ4v) is 3.15. The molecule has 0 aliphatic carbocycles. The van der Waals surface area contributed by atoms with Gasteiger partial charge in [0, 0.05) is 24.1 Å². The van der Waals surface area contributed by atoms with Crippen LogP contribution in [0.2, 0.25) is 0 Å². The van der Waals surface area contributed by atoms with E-state index in [2.05, 4.69) is 32.2 Å². The van der Waals surface area contributed by atoms with Crippen LogP contribution in [-0.2, 0) is 0 Å². The zero-order chi connectivity index (χ0) is 15.6. The van der Waals surface area contributed by atoms with Crippen molar-refractivity contribution in [1.29, 1.82) is 0 Å². The lowest BCUT2D eigenvalue weighted by Gasteiger charge is -2.40. The summed E-state index contributed by atoms with van der Waals surface area (Å²) in [5.74, 6) is 2.59. The van der Waals surface area contributed by atoms with Crippen molar-refractivity contribution in [2.75, 3.05) is 19.8 Å². The number of hydrogen-bond donors (Lipinski definition) is 1. The summed E-state index contributed by atoms with van der Waals surface area (Å²) < 4.78 is 17.7. The minimum absolute atomic E-state index is 0.124. The van der Waals surface area contributed by atoms with Crippen LogP contribution in [0.5, 0.6) is 17.2 Å². The second-order valence-electron chi connectivity index (χ2n) is 6.50. The number of hydrogen-bond acceptors (Lipinski definition) is 4. The van der Waals surface area contributed by atoms with Crippen LogP contribution in [0.1, 0.15) is 58.1 Å². The third kappa shape index (κ3) is 3.02. The van der Waals surface area contributed by atoms with E-state index in [0.29, 0.717) is 19.3 Å². The molecule has 2 atom stereocenters. The summed E-state index contributed by atoms with van der Waals surface area (Å²) in [6.45, 7) is 8.86. The van der Waals surface area contributed by atoms with Crippen molar-refractivity contribution in [3.8, 4) is 17.2 Å². The number of nitrogens with one attached hydrogen (secondary N) is 1. The molecule has 1 aromatic rings. The molecule has 0 saturated carbocycles.